The van der Waals surface area contributed by atoms with E-state index < -0.39 is 81.4 Å². The maximum absolute atomic E-state index is 13.4. The number of phenols is 2. The van der Waals surface area contributed by atoms with Crippen LogP contribution in [0.4, 0.5) is 0 Å². The minimum absolute atomic E-state index is 0.0498. The van der Waals surface area contributed by atoms with Gasteiger partial charge in [-0.1, -0.05) is 30.3 Å². The third kappa shape index (κ3) is 4.53. The van der Waals surface area contributed by atoms with Gasteiger partial charge in [0.15, 0.2) is 11.4 Å². The van der Waals surface area contributed by atoms with Gasteiger partial charge in [-0.05, 0) is 43.9 Å². The molecule has 0 saturated heterocycles. The van der Waals surface area contributed by atoms with Crippen molar-refractivity contribution >= 4 is 40.6 Å². The van der Waals surface area contributed by atoms with E-state index in [4.69, 9.17) is 27.5 Å². The second-order valence-electron chi connectivity index (χ2n) is 10.4. The summed E-state index contributed by atoms with van der Waals surface area (Å²) in [7, 11) is 2.90. The molecule has 0 heterocycles. The van der Waals surface area contributed by atoms with Crippen molar-refractivity contribution in [2.45, 2.75) is 17.7 Å². The van der Waals surface area contributed by atoms with Crippen molar-refractivity contribution in [3.8, 4) is 11.5 Å². The van der Waals surface area contributed by atoms with Gasteiger partial charge >= 0.3 is 5.97 Å². The number of aliphatic hydroxyl groups excluding tert-OH is 3. The highest BCUT2D eigenvalue weighted by Crippen LogP contribution is 2.55. The number of aliphatic hydroxyl groups is 4. The Labute approximate surface area is 248 Å². The molecule has 14 heteroatoms. The van der Waals surface area contributed by atoms with Crippen LogP contribution in [-0.4, -0.2) is 95.9 Å². The second kappa shape index (κ2) is 10.9. The first kappa shape index (κ1) is 31.3. The number of aromatic carboxylic acids is 1. The maximum atomic E-state index is 13.4. The van der Waals surface area contributed by atoms with Crippen LogP contribution in [0, 0.1) is 11.8 Å². The van der Waals surface area contributed by atoms with Crippen LogP contribution in [0.3, 0.4) is 0 Å². The number of para-hydroxylation sites is 1. The first-order valence-corrected chi connectivity index (χ1v) is 12.9. The number of aromatic hydroxyl groups is 2. The highest BCUT2D eigenvalue weighted by molar-refractivity contribution is 6.34. The number of likely N-dealkylation sites (N-methyl/N-ethyl adjacent to an activating group) is 1. The number of benzene rings is 2. The Balaban J connectivity index is 0.000000359. The molecule has 0 radical (unpaired) electrons. The summed E-state index contributed by atoms with van der Waals surface area (Å²) in [6.07, 6.45) is -1.75. The number of carboxylic acids is 1. The predicted molar refractivity (Wildman–Crippen MR) is 150 cm³/mol. The van der Waals surface area contributed by atoms with Crippen molar-refractivity contribution in [2.24, 2.45) is 17.6 Å². The standard InChI is InChI=1S/C22H21ClN2O8.C7H6O3/c1-6-9-7(23)4-5-8(26)11(9)16(27)12-10(6)17(28)14-15(25(2)3)18(29)13(21(24)32)20(31)22(14,33)19(12)30;8-6-4-2-1-3-5(6)7(9)10/h4-5,10,14-15,17,26,28-30,33H,1H2,2-3H3,(H2,24,32);1-4,8H,(H,9,10)/t10-,14-,15+,17+,22+;/m1./s1. The summed E-state index contributed by atoms with van der Waals surface area (Å²) in [5.41, 5.74) is 0.461. The number of carboxylic acid groups (broad SMARTS) is 1. The zero-order chi connectivity index (χ0) is 32.3. The molecule has 0 unspecified atom stereocenters. The Morgan fingerprint density at radius 3 is 2.12 bits per heavy atom. The quantitative estimate of drug-likeness (QED) is 0.228. The summed E-state index contributed by atoms with van der Waals surface area (Å²) in [4.78, 5) is 50.1. The molecule has 3 aliphatic rings. The summed E-state index contributed by atoms with van der Waals surface area (Å²) < 4.78 is 0. The number of hydrogen-bond acceptors (Lipinski definition) is 11. The molecule has 0 fully saturated rings. The van der Waals surface area contributed by atoms with Crippen LogP contribution in [0.2, 0.25) is 5.02 Å². The van der Waals surface area contributed by atoms with E-state index in [1.807, 2.05) is 0 Å². The van der Waals surface area contributed by atoms with E-state index >= 15 is 0 Å². The van der Waals surface area contributed by atoms with Crippen LogP contribution in [0.5, 0.6) is 11.5 Å². The van der Waals surface area contributed by atoms with Gasteiger partial charge in [0, 0.05) is 16.5 Å². The van der Waals surface area contributed by atoms with Crippen molar-refractivity contribution in [2.75, 3.05) is 14.1 Å². The summed E-state index contributed by atoms with van der Waals surface area (Å²) in [5.74, 6) is -10.5. The lowest BCUT2D eigenvalue weighted by atomic mass is 9.56. The molecule has 2 aromatic rings. The molecular formula is C29H27ClN2O11. The molecule has 0 spiro atoms. The van der Waals surface area contributed by atoms with E-state index in [1.165, 1.54) is 37.2 Å². The summed E-state index contributed by atoms with van der Waals surface area (Å²) in [5, 5.41) is 72.4. The number of rotatable bonds is 3. The molecule has 0 bridgehead atoms. The zero-order valence-corrected chi connectivity index (χ0v) is 23.4. The van der Waals surface area contributed by atoms with Crippen molar-refractivity contribution < 1.29 is 54.9 Å². The molecule has 43 heavy (non-hydrogen) atoms. The minimum atomic E-state index is -2.97. The first-order chi connectivity index (χ1) is 20.0. The van der Waals surface area contributed by atoms with Gasteiger partial charge in [0.25, 0.3) is 5.91 Å². The highest BCUT2D eigenvalue weighted by atomic mass is 35.5. The van der Waals surface area contributed by atoms with Crippen molar-refractivity contribution in [3.63, 3.8) is 0 Å². The fraction of sp³-hybridized carbons (Fsp3) is 0.241. The molecule has 226 valence electrons. The maximum Gasteiger partial charge on any atom is 0.339 e. The Kier molecular flexibility index (Phi) is 7.89. The van der Waals surface area contributed by atoms with Crippen molar-refractivity contribution in [1.82, 2.24) is 4.90 Å². The van der Waals surface area contributed by atoms with Gasteiger partial charge < -0.3 is 41.5 Å². The molecule has 13 nitrogen and oxygen atoms in total. The number of phenolic OH excluding ortho intramolecular Hbond substituents is 1. The summed E-state index contributed by atoms with van der Waals surface area (Å²) >= 11 is 6.24. The molecule has 5 rings (SSSR count). The number of primary amides is 1. The third-order valence-electron chi connectivity index (χ3n) is 7.81. The number of nitrogens with zero attached hydrogens (tertiary/aromatic N) is 1. The average molecular weight is 615 g/mol. The van der Waals surface area contributed by atoms with E-state index in [2.05, 4.69) is 6.58 Å². The Morgan fingerprint density at radius 2 is 1.60 bits per heavy atom. The number of carbonyl (C=O) groups is 4. The lowest BCUT2D eigenvalue weighted by Crippen LogP contribution is -2.68. The number of nitrogens with two attached hydrogens (primary N) is 1. The molecular weight excluding hydrogens is 588 g/mol. The first-order valence-electron chi connectivity index (χ1n) is 12.5. The largest absolute Gasteiger partial charge is 0.510 e. The van der Waals surface area contributed by atoms with Gasteiger partial charge in [0.2, 0.25) is 5.78 Å². The van der Waals surface area contributed by atoms with Gasteiger partial charge in [-0.2, -0.15) is 0 Å². The molecule has 5 atom stereocenters. The van der Waals surface area contributed by atoms with Gasteiger partial charge in [0.1, 0.15) is 34.2 Å². The van der Waals surface area contributed by atoms with Crippen LogP contribution in [0.25, 0.3) is 5.57 Å². The number of fused-ring (bicyclic) bond motifs is 3. The van der Waals surface area contributed by atoms with Crippen LogP contribution < -0.4 is 5.73 Å². The van der Waals surface area contributed by atoms with E-state index in [9.17, 15) is 44.7 Å². The predicted octanol–water partition coefficient (Wildman–Crippen LogP) is 1.31. The Bertz CT molecular complexity index is 1680. The van der Waals surface area contributed by atoms with Gasteiger partial charge in [-0.25, -0.2) is 4.79 Å². The number of ketones is 2. The molecule has 3 aliphatic carbocycles. The number of hydrogen-bond donors (Lipinski definition) is 8. The average Bonchev–Trinajstić information content (AvgIpc) is 2.92. The molecule has 9 N–H and O–H groups in total. The molecule has 0 aromatic heterocycles. The van der Waals surface area contributed by atoms with Gasteiger partial charge in [-0.15, -0.1) is 0 Å². The summed E-state index contributed by atoms with van der Waals surface area (Å²) in [6, 6.07) is 6.94. The Morgan fingerprint density at radius 1 is 1.00 bits per heavy atom. The van der Waals surface area contributed by atoms with E-state index in [1.54, 1.807) is 12.1 Å². The SMILES string of the molecule is C=C1c2c(Cl)ccc(O)c2C(=O)C2=C(O)[C@]3(O)C(=O)C(C(N)=O)=C(O)[C@@H](N(C)C)[C@@H]3[C@@H](O)[C@H]12.O=C(O)c1ccccc1O. The lowest BCUT2D eigenvalue weighted by molar-refractivity contribution is -0.159. The van der Waals surface area contributed by atoms with Crippen molar-refractivity contribution in [3.05, 3.63) is 87.4 Å². The topological polar surface area (TPSA) is 239 Å². The summed E-state index contributed by atoms with van der Waals surface area (Å²) in [6.45, 7) is 3.89. The lowest BCUT2D eigenvalue weighted by Gasteiger charge is -2.52. The fourth-order valence-corrected chi connectivity index (χ4v) is 6.20. The molecule has 0 saturated carbocycles. The highest BCUT2D eigenvalue weighted by Gasteiger charge is 2.67. The monoisotopic (exact) mass is 614 g/mol. The van der Waals surface area contributed by atoms with Gasteiger partial charge in [-0.3, -0.25) is 19.3 Å². The van der Waals surface area contributed by atoms with Crippen LogP contribution in [-0.2, 0) is 9.59 Å². The zero-order valence-electron chi connectivity index (χ0n) is 22.6. The van der Waals surface area contributed by atoms with Crippen LogP contribution in [0.15, 0.2) is 65.6 Å². The van der Waals surface area contributed by atoms with Crippen LogP contribution in [0.1, 0.15) is 26.3 Å². The van der Waals surface area contributed by atoms with Crippen molar-refractivity contribution in [1.29, 1.82) is 0 Å². The molecule has 1 amide bonds. The minimum Gasteiger partial charge on any atom is -0.510 e. The fourth-order valence-electron chi connectivity index (χ4n) is 5.92. The molecule has 2 aromatic carbocycles. The smallest absolute Gasteiger partial charge is 0.339 e. The number of carbonyl (C=O) groups excluding carboxylic acids is 3. The van der Waals surface area contributed by atoms with E-state index in [-0.39, 0.29) is 33.0 Å². The number of halogens is 1. The van der Waals surface area contributed by atoms with Gasteiger partial charge in [0.05, 0.1) is 29.2 Å². The van der Waals surface area contributed by atoms with E-state index in [0.717, 1.165) is 6.07 Å². The second-order valence-corrected chi connectivity index (χ2v) is 10.8. The Hall–Kier alpha value is -4.69. The molecule has 0 aliphatic heterocycles. The third-order valence-corrected chi connectivity index (χ3v) is 8.12. The number of amides is 1. The normalized spacial score (nSPS) is 26.3. The number of Topliss-reactive ketones (excluding diaryl/α,β-unsaturated/α-hetero) is 2. The van der Waals surface area contributed by atoms with Crippen LogP contribution >= 0.6 is 11.6 Å². The van der Waals surface area contributed by atoms with E-state index in [0.29, 0.717) is 0 Å².